The van der Waals surface area contributed by atoms with Crippen LogP contribution in [-0.4, -0.2) is 33.3 Å². The van der Waals surface area contributed by atoms with Gasteiger partial charge in [0, 0.05) is 35.1 Å². The zero-order chi connectivity index (χ0) is 24.2. The summed E-state index contributed by atoms with van der Waals surface area (Å²) in [5.41, 5.74) is 2.59. The maximum atomic E-state index is 13.9. The van der Waals surface area contributed by atoms with E-state index in [1.165, 1.54) is 21.7 Å². The highest BCUT2D eigenvalue weighted by molar-refractivity contribution is 7.81. The molecule has 8 heteroatoms. The van der Waals surface area contributed by atoms with E-state index >= 15 is 0 Å². The summed E-state index contributed by atoms with van der Waals surface area (Å²) in [4.78, 5) is 2.05. The average molecular weight is 500 g/mol. The van der Waals surface area contributed by atoms with E-state index in [1.807, 2.05) is 68.6 Å². The minimum absolute atomic E-state index is 0.173. The largest absolute Gasteiger partial charge is 0.755 e. The summed E-state index contributed by atoms with van der Waals surface area (Å²) >= 11 is -1.07. The summed E-state index contributed by atoms with van der Waals surface area (Å²) < 4.78 is 54.6. The highest BCUT2D eigenvalue weighted by Gasteiger charge is 2.24. The van der Waals surface area contributed by atoms with Gasteiger partial charge in [-0.3, -0.25) is 13.4 Å². The number of halogens is 2. The molecular weight excluding hydrogens is 474 g/mol. The fourth-order valence-electron chi connectivity index (χ4n) is 4.10. The lowest BCUT2D eigenvalue weighted by molar-refractivity contribution is 0.237. The first kappa shape index (κ1) is 24.5. The molecule has 0 saturated heterocycles. The van der Waals surface area contributed by atoms with Gasteiger partial charge in [-0.05, 0) is 60.7 Å². The van der Waals surface area contributed by atoms with E-state index in [0.29, 0.717) is 23.5 Å². The van der Waals surface area contributed by atoms with Crippen LogP contribution in [0.3, 0.4) is 0 Å². The van der Waals surface area contributed by atoms with Crippen molar-refractivity contribution in [3.05, 3.63) is 101 Å². The minimum Gasteiger partial charge on any atom is -0.755 e. The van der Waals surface area contributed by atoms with Crippen molar-refractivity contribution in [3.8, 4) is 0 Å². The second-order valence-corrected chi connectivity index (χ2v) is 10.2. The average Bonchev–Trinajstić information content (AvgIpc) is 3.15. The molecule has 0 bridgehead atoms. The molecule has 2 unspecified atom stereocenters. The van der Waals surface area contributed by atoms with E-state index < -0.39 is 22.9 Å². The van der Waals surface area contributed by atoms with Crippen LogP contribution in [0.4, 0.5) is 13.8 Å². The Morgan fingerprint density at radius 3 is 2.35 bits per heavy atom. The highest BCUT2D eigenvalue weighted by atomic mass is 32.2. The monoisotopic (exact) mass is 499 g/mol. The third-order valence-corrected chi connectivity index (χ3v) is 8.06. The Kier molecular flexibility index (Phi) is 7.73. The Labute approximate surface area is 204 Å². The summed E-state index contributed by atoms with van der Waals surface area (Å²) in [6.45, 7) is 2.68. The first-order chi connectivity index (χ1) is 16.3. The van der Waals surface area contributed by atoms with Crippen molar-refractivity contribution >= 4 is 37.7 Å². The van der Waals surface area contributed by atoms with Crippen molar-refractivity contribution in [1.29, 1.82) is 0 Å². The summed E-state index contributed by atoms with van der Waals surface area (Å²) in [7, 11) is 1.92. The van der Waals surface area contributed by atoms with Crippen molar-refractivity contribution in [2.75, 3.05) is 17.9 Å². The lowest BCUT2D eigenvalue weighted by Gasteiger charge is -2.35. The van der Waals surface area contributed by atoms with Gasteiger partial charge in [0.15, 0.2) is 11.6 Å². The molecule has 0 saturated carbocycles. The van der Waals surface area contributed by atoms with Gasteiger partial charge in [0.1, 0.15) is 5.00 Å². The van der Waals surface area contributed by atoms with Crippen LogP contribution in [0.25, 0.3) is 10.1 Å². The molecule has 4 rings (SSSR count). The Bertz CT molecular complexity index is 1300. The van der Waals surface area contributed by atoms with Crippen molar-refractivity contribution in [3.63, 3.8) is 0 Å². The fourth-order valence-corrected chi connectivity index (χ4v) is 6.09. The van der Waals surface area contributed by atoms with Crippen LogP contribution in [0.5, 0.6) is 0 Å². The fraction of sp³-hybridized carbons (Fsp3) is 0.231. The van der Waals surface area contributed by atoms with Crippen molar-refractivity contribution < 1.29 is 17.5 Å². The van der Waals surface area contributed by atoms with Gasteiger partial charge < -0.3 is 4.55 Å². The van der Waals surface area contributed by atoms with Crippen molar-refractivity contribution in [2.45, 2.75) is 25.9 Å². The maximum absolute atomic E-state index is 13.9. The zero-order valence-corrected chi connectivity index (χ0v) is 20.5. The normalized spacial score (nSPS) is 13.4. The van der Waals surface area contributed by atoms with Crippen LogP contribution < -0.4 is 4.31 Å². The second kappa shape index (κ2) is 10.7. The van der Waals surface area contributed by atoms with Gasteiger partial charge in [0.05, 0.1) is 0 Å². The molecule has 1 heterocycles. The molecule has 0 spiro atoms. The molecule has 0 aliphatic heterocycles. The first-order valence-corrected chi connectivity index (χ1v) is 12.7. The van der Waals surface area contributed by atoms with Crippen molar-refractivity contribution in [2.24, 2.45) is 0 Å². The maximum Gasteiger partial charge on any atom is 0.159 e. The van der Waals surface area contributed by atoms with Crippen molar-refractivity contribution in [1.82, 2.24) is 4.90 Å². The zero-order valence-electron chi connectivity index (χ0n) is 18.9. The van der Waals surface area contributed by atoms with E-state index in [2.05, 4.69) is 4.90 Å². The van der Waals surface area contributed by atoms with Crippen LogP contribution >= 0.6 is 11.3 Å². The standard InChI is InChI=1S/C26H26F2N2O2S2/c1-18-22-10-6-7-11-25(22)33-26(18)30(34(31)32)17-21(14-20-12-13-23(27)24(28)15-20)29(2)16-19-8-4-3-5-9-19/h3-13,15,21H,14,16-17H2,1-2H3,(H,31,32)/p-1. The Balaban J connectivity index is 1.67. The van der Waals surface area contributed by atoms with E-state index in [9.17, 15) is 17.5 Å². The minimum atomic E-state index is -2.51. The number of likely N-dealkylation sites (N-methyl/N-ethyl adjacent to an activating group) is 1. The van der Waals surface area contributed by atoms with Gasteiger partial charge in [0.25, 0.3) is 0 Å². The molecule has 4 nitrogen and oxygen atoms in total. The molecule has 0 N–H and O–H groups in total. The molecule has 3 aromatic carbocycles. The van der Waals surface area contributed by atoms with Gasteiger partial charge in [0.2, 0.25) is 0 Å². The molecule has 178 valence electrons. The number of nitrogens with zero attached hydrogens (tertiary/aromatic N) is 2. The molecule has 2 atom stereocenters. The van der Waals surface area contributed by atoms with Crippen LogP contribution in [0, 0.1) is 18.6 Å². The van der Waals surface area contributed by atoms with Gasteiger partial charge in [-0.1, -0.05) is 54.6 Å². The molecule has 4 aromatic rings. The number of hydrogen-bond donors (Lipinski definition) is 0. The van der Waals surface area contributed by atoms with Crippen LogP contribution in [0.15, 0.2) is 72.8 Å². The summed E-state index contributed by atoms with van der Waals surface area (Å²) in [6.07, 6.45) is 0.359. The van der Waals surface area contributed by atoms with E-state index in [1.54, 1.807) is 6.07 Å². The van der Waals surface area contributed by atoms with Gasteiger partial charge in [-0.15, -0.1) is 11.3 Å². The quantitative estimate of drug-likeness (QED) is 0.272. The third-order valence-electron chi connectivity index (χ3n) is 5.96. The molecule has 0 amide bonds. The lowest BCUT2D eigenvalue weighted by Crippen LogP contribution is -2.44. The predicted octanol–water partition coefficient (Wildman–Crippen LogP) is 5.83. The SMILES string of the molecule is Cc1c(N(CC(Cc2ccc(F)c(F)c2)N(C)Cc2ccccc2)S(=O)[O-])sc2ccccc12. The Hall–Kier alpha value is -2.65. The number of anilines is 1. The number of fused-ring (bicyclic) bond motifs is 1. The number of rotatable bonds is 9. The molecule has 34 heavy (non-hydrogen) atoms. The number of hydrogen-bond acceptors (Lipinski definition) is 4. The third kappa shape index (κ3) is 5.52. The van der Waals surface area contributed by atoms with Gasteiger partial charge >= 0.3 is 0 Å². The van der Waals surface area contributed by atoms with Crippen LogP contribution in [0.2, 0.25) is 0 Å². The molecular formula is C26H25F2N2O2S2-. The molecule has 0 radical (unpaired) electrons. The molecule has 0 fully saturated rings. The van der Waals surface area contributed by atoms with Crippen LogP contribution in [0.1, 0.15) is 16.7 Å². The lowest BCUT2D eigenvalue weighted by atomic mass is 10.0. The number of benzene rings is 3. The molecule has 0 aliphatic carbocycles. The molecule has 0 aliphatic rings. The van der Waals surface area contributed by atoms with Gasteiger partial charge in [-0.25, -0.2) is 8.78 Å². The van der Waals surface area contributed by atoms with E-state index in [-0.39, 0.29) is 12.6 Å². The Morgan fingerprint density at radius 2 is 1.68 bits per heavy atom. The summed E-state index contributed by atoms with van der Waals surface area (Å²) in [5, 5.41) is 1.69. The summed E-state index contributed by atoms with van der Waals surface area (Å²) in [6, 6.07) is 21.2. The van der Waals surface area contributed by atoms with Crippen LogP contribution in [-0.2, 0) is 24.2 Å². The van der Waals surface area contributed by atoms with Gasteiger partial charge in [-0.2, -0.15) is 0 Å². The predicted molar refractivity (Wildman–Crippen MR) is 135 cm³/mol. The highest BCUT2D eigenvalue weighted by Crippen LogP contribution is 2.38. The number of aryl methyl sites for hydroxylation is 1. The smallest absolute Gasteiger partial charge is 0.159 e. The molecule has 1 aromatic heterocycles. The Morgan fingerprint density at radius 1 is 0.971 bits per heavy atom. The van der Waals surface area contributed by atoms with E-state index in [4.69, 9.17) is 0 Å². The summed E-state index contributed by atoms with van der Waals surface area (Å²) in [5.74, 6) is -1.81. The second-order valence-electron chi connectivity index (χ2n) is 8.31. The topological polar surface area (TPSA) is 46.6 Å². The van der Waals surface area contributed by atoms with E-state index in [0.717, 1.165) is 27.3 Å². The number of thiophene rings is 1. The first-order valence-electron chi connectivity index (χ1n) is 10.9.